The summed E-state index contributed by atoms with van der Waals surface area (Å²) in [6, 6.07) is 10.9. The van der Waals surface area contributed by atoms with Crippen LogP contribution < -0.4 is 16.0 Å². The molecule has 0 saturated heterocycles. The second-order valence-electron chi connectivity index (χ2n) is 6.58. The number of benzene rings is 1. The molecule has 0 saturated carbocycles. The van der Waals surface area contributed by atoms with E-state index in [1.165, 1.54) is 30.5 Å². The number of urea groups is 1. The Morgan fingerprint density at radius 2 is 2.00 bits per heavy atom. The molecule has 2 amide bonds. The fourth-order valence-electron chi connectivity index (χ4n) is 2.88. The summed E-state index contributed by atoms with van der Waals surface area (Å²) in [6.45, 7) is 3.96. The van der Waals surface area contributed by atoms with Crippen LogP contribution in [0.4, 0.5) is 29.5 Å². The molecule has 0 unspecified atom stereocenters. The number of hydrogen-bond acceptors (Lipinski definition) is 4. The summed E-state index contributed by atoms with van der Waals surface area (Å²) in [5.41, 5.74) is 6.81. The summed E-state index contributed by atoms with van der Waals surface area (Å²) in [4.78, 5) is 22.1. The van der Waals surface area contributed by atoms with Crippen LogP contribution in [0.5, 0.6) is 0 Å². The van der Waals surface area contributed by atoms with Gasteiger partial charge in [0.05, 0.1) is 16.9 Å². The Kier molecular flexibility index (Phi) is 6.54. The normalized spacial score (nSPS) is 11.1. The molecule has 6 nitrogen and oxygen atoms in total. The maximum Gasteiger partial charge on any atom is 0.416 e. The first-order valence-electron chi connectivity index (χ1n) is 9.32. The molecule has 3 rings (SSSR count). The Labute approximate surface area is 177 Å². The van der Waals surface area contributed by atoms with E-state index < -0.39 is 17.8 Å². The topological polar surface area (TPSA) is 84.1 Å². The summed E-state index contributed by atoms with van der Waals surface area (Å²) in [5.74, 6) is 0.0730. The second-order valence-corrected chi connectivity index (χ2v) is 6.58. The Morgan fingerprint density at radius 3 is 2.68 bits per heavy atom. The van der Waals surface area contributed by atoms with Crippen molar-refractivity contribution in [3.05, 3.63) is 84.8 Å². The first kappa shape index (κ1) is 21.8. The maximum absolute atomic E-state index is 13.0. The molecule has 0 aliphatic rings. The van der Waals surface area contributed by atoms with Crippen LogP contribution in [0.25, 0.3) is 11.3 Å². The molecular weight excluding hydrogens is 407 g/mol. The predicted octanol–water partition coefficient (Wildman–Crippen LogP) is 4.65. The molecule has 0 radical (unpaired) electrons. The molecule has 0 bridgehead atoms. The predicted molar refractivity (Wildman–Crippen MR) is 113 cm³/mol. The summed E-state index contributed by atoms with van der Waals surface area (Å²) in [6.07, 6.45) is 0.697. The van der Waals surface area contributed by atoms with Crippen LogP contribution >= 0.6 is 0 Å². The first-order valence-corrected chi connectivity index (χ1v) is 9.32. The van der Waals surface area contributed by atoms with Crippen molar-refractivity contribution in [3.8, 4) is 11.3 Å². The third-order valence-corrected chi connectivity index (χ3v) is 4.43. The van der Waals surface area contributed by atoms with Crippen LogP contribution in [0.1, 0.15) is 11.1 Å². The van der Waals surface area contributed by atoms with E-state index >= 15 is 0 Å². The van der Waals surface area contributed by atoms with Gasteiger partial charge in [0.2, 0.25) is 0 Å². The Hall–Kier alpha value is -3.88. The third-order valence-electron chi connectivity index (χ3n) is 4.43. The first-order chi connectivity index (χ1) is 14.8. The maximum atomic E-state index is 13.0. The number of alkyl halides is 3. The van der Waals surface area contributed by atoms with Gasteiger partial charge in [0.1, 0.15) is 0 Å². The number of aromatic nitrogens is 2. The Balaban J connectivity index is 1.80. The lowest BCUT2D eigenvalue weighted by molar-refractivity contribution is -0.137. The zero-order chi connectivity index (χ0) is 22.4. The third kappa shape index (κ3) is 5.39. The lowest BCUT2D eigenvalue weighted by Gasteiger charge is -2.20. The Morgan fingerprint density at radius 1 is 1.19 bits per heavy atom. The van der Waals surface area contributed by atoms with Gasteiger partial charge in [-0.05, 0) is 42.3 Å². The van der Waals surface area contributed by atoms with Gasteiger partial charge in [-0.1, -0.05) is 24.8 Å². The van der Waals surface area contributed by atoms with Gasteiger partial charge in [0.25, 0.3) is 0 Å². The van der Waals surface area contributed by atoms with E-state index in [9.17, 15) is 18.0 Å². The number of nitrogen functional groups attached to an aromatic ring is 1. The van der Waals surface area contributed by atoms with Gasteiger partial charge in [0.15, 0.2) is 5.82 Å². The number of nitrogens with zero attached hydrogens (tertiary/aromatic N) is 3. The molecule has 2 heterocycles. The summed E-state index contributed by atoms with van der Waals surface area (Å²) in [7, 11) is 0. The molecular formula is C22H20F3N5O. The molecule has 0 atom stereocenters. The average molecular weight is 427 g/mol. The highest BCUT2D eigenvalue weighted by molar-refractivity contribution is 5.95. The summed E-state index contributed by atoms with van der Waals surface area (Å²) in [5, 5.41) is 2.74. The van der Waals surface area contributed by atoms with Crippen molar-refractivity contribution in [1.29, 1.82) is 0 Å². The van der Waals surface area contributed by atoms with Gasteiger partial charge >= 0.3 is 12.2 Å². The number of carbonyl (C=O) groups excluding carboxylic acids is 1. The molecule has 3 aromatic rings. The Bertz CT molecular complexity index is 1070. The van der Waals surface area contributed by atoms with Gasteiger partial charge < -0.3 is 11.1 Å². The van der Waals surface area contributed by atoms with Gasteiger partial charge in [-0.15, -0.1) is 0 Å². The van der Waals surface area contributed by atoms with Crippen molar-refractivity contribution < 1.29 is 18.0 Å². The van der Waals surface area contributed by atoms with E-state index in [-0.39, 0.29) is 22.8 Å². The molecule has 160 valence electrons. The average Bonchev–Trinajstić information content (AvgIpc) is 2.76. The molecule has 2 aromatic heterocycles. The van der Waals surface area contributed by atoms with E-state index in [1.54, 1.807) is 18.5 Å². The van der Waals surface area contributed by atoms with E-state index in [0.29, 0.717) is 13.0 Å². The molecule has 3 N–H and O–H groups in total. The standard InChI is InChI=1S/C22H20F3N5O/c1-2-30(21(31)28-12-10-15-5-4-11-27-14-15)20-18(26)8-9-19(29-20)16-6-3-7-17(13-16)22(23,24)25/h2-9,11,13-14H,1,10,12,26H2,(H,28,31). The highest BCUT2D eigenvalue weighted by atomic mass is 19.4. The van der Waals surface area contributed by atoms with Crippen molar-refractivity contribution in [3.63, 3.8) is 0 Å². The summed E-state index contributed by atoms with van der Waals surface area (Å²) < 4.78 is 39.1. The molecule has 0 spiro atoms. The monoisotopic (exact) mass is 427 g/mol. The van der Waals surface area contributed by atoms with Crippen LogP contribution in [0.15, 0.2) is 73.7 Å². The molecule has 0 aliphatic heterocycles. The number of rotatable bonds is 6. The summed E-state index contributed by atoms with van der Waals surface area (Å²) >= 11 is 0. The van der Waals surface area contributed by atoms with Crippen LogP contribution in [-0.2, 0) is 12.6 Å². The van der Waals surface area contributed by atoms with Crippen LogP contribution in [-0.4, -0.2) is 22.5 Å². The molecule has 0 aliphatic carbocycles. The highest BCUT2D eigenvalue weighted by Crippen LogP contribution is 2.33. The van der Waals surface area contributed by atoms with Crippen molar-refractivity contribution in [1.82, 2.24) is 15.3 Å². The van der Waals surface area contributed by atoms with Crippen molar-refractivity contribution >= 4 is 17.5 Å². The van der Waals surface area contributed by atoms with E-state index in [1.807, 2.05) is 6.07 Å². The minimum absolute atomic E-state index is 0.0730. The minimum atomic E-state index is -4.48. The minimum Gasteiger partial charge on any atom is -0.396 e. The number of nitrogens with one attached hydrogen (secondary N) is 1. The van der Waals surface area contributed by atoms with E-state index in [0.717, 1.165) is 22.6 Å². The number of halogens is 3. The highest BCUT2D eigenvalue weighted by Gasteiger charge is 2.30. The van der Waals surface area contributed by atoms with Crippen molar-refractivity contribution in [2.45, 2.75) is 12.6 Å². The molecule has 1 aromatic carbocycles. The van der Waals surface area contributed by atoms with Crippen LogP contribution in [0.2, 0.25) is 0 Å². The fraction of sp³-hybridized carbons (Fsp3) is 0.136. The van der Waals surface area contributed by atoms with Crippen molar-refractivity contribution in [2.24, 2.45) is 0 Å². The SMILES string of the molecule is C=CN(C(=O)NCCc1cccnc1)c1nc(-c2cccc(C(F)(F)F)c2)ccc1N. The number of carbonyl (C=O) groups is 1. The van der Waals surface area contributed by atoms with Crippen molar-refractivity contribution in [2.75, 3.05) is 17.2 Å². The van der Waals surface area contributed by atoms with Gasteiger partial charge in [-0.2, -0.15) is 13.2 Å². The lowest BCUT2D eigenvalue weighted by atomic mass is 10.1. The number of pyridine rings is 2. The number of hydrogen-bond donors (Lipinski definition) is 2. The largest absolute Gasteiger partial charge is 0.416 e. The molecule has 0 fully saturated rings. The molecule has 31 heavy (non-hydrogen) atoms. The van der Waals surface area contributed by atoms with E-state index in [4.69, 9.17) is 5.73 Å². The van der Waals surface area contributed by atoms with Gasteiger partial charge in [-0.25, -0.2) is 9.78 Å². The fourth-order valence-corrected chi connectivity index (χ4v) is 2.88. The zero-order valence-electron chi connectivity index (χ0n) is 16.4. The van der Waals surface area contributed by atoms with Gasteiger partial charge in [0, 0.05) is 30.7 Å². The van der Waals surface area contributed by atoms with Crippen LogP contribution in [0.3, 0.4) is 0 Å². The second kappa shape index (κ2) is 9.29. The van der Waals surface area contributed by atoms with Gasteiger partial charge in [-0.3, -0.25) is 9.88 Å². The lowest BCUT2D eigenvalue weighted by Crippen LogP contribution is -2.38. The number of nitrogens with two attached hydrogens (primary N) is 1. The number of amides is 2. The zero-order valence-corrected chi connectivity index (χ0v) is 16.4. The smallest absolute Gasteiger partial charge is 0.396 e. The van der Waals surface area contributed by atoms with E-state index in [2.05, 4.69) is 21.9 Å². The quantitative estimate of drug-likeness (QED) is 0.600. The molecule has 9 heteroatoms. The number of anilines is 2. The van der Waals surface area contributed by atoms with Crippen LogP contribution in [0, 0.1) is 0 Å².